The SMILES string of the molecule is CCCCCCc1cc(C(N2NC(=O)CC2(C)C)C(F)(F)F)cc2ccccc12. The van der Waals surface area contributed by atoms with Crippen LogP contribution in [0.25, 0.3) is 10.8 Å². The number of unbranched alkanes of at least 4 members (excludes halogenated alkanes) is 3. The van der Waals surface area contributed by atoms with E-state index in [1.54, 1.807) is 26.0 Å². The third kappa shape index (κ3) is 4.74. The summed E-state index contributed by atoms with van der Waals surface area (Å²) < 4.78 is 42.7. The zero-order chi connectivity index (χ0) is 21.2. The van der Waals surface area contributed by atoms with Gasteiger partial charge in [-0.3, -0.25) is 10.2 Å². The Morgan fingerprint density at radius 3 is 2.48 bits per heavy atom. The number of hydrazine groups is 1. The number of benzene rings is 2. The summed E-state index contributed by atoms with van der Waals surface area (Å²) in [5.41, 5.74) is 2.64. The van der Waals surface area contributed by atoms with Crippen LogP contribution in [0.4, 0.5) is 13.2 Å². The van der Waals surface area contributed by atoms with E-state index in [2.05, 4.69) is 12.3 Å². The van der Waals surface area contributed by atoms with Crippen LogP contribution in [0.1, 0.15) is 70.0 Å². The molecule has 0 aliphatic carbocycles. The standard InChI is InChI=1S/C23H29F3N2O/c1-4-5-6-7-10-16-13-18(14-17-11-8-9-12-19(16)17)21(23(24,25)26)28-22(2,3)15-20(29)27-28/h8-9,11-14,21H,4-7,10,15H2,1-3H3,(H,27,29). The van der Waals surface area contributed by atoms with Crippen LogP contribution < -0.4 is 5.43 Å². The van der Waals surface area contributed by atoms with E-state index in [-0.39, 0.29) is 17.9 Å². The van der Waals surface area contributed by atoms with E-state index in [0.717, 1.165) is 53.4 Å². The van der Waals surface area contributed by atoms with E-state index in [0.29, 0.717) is 0 Å². The maximum atomic E-state index is 14.2. The largest absolute Gasteiger partial charge is 0.409 e. The van der Waals surface area contributed by atoms with Crippen LogP contribution >= 0.6 is 0 Å². The zero-order valence-electron chi connectivity index (χ0n) is 17.3. The van der Waals surface area contributed by atoms with Gasteiger partial charge in [-0.05, 0) is 54.7 Å². The lowest BCUT2D eigenvalue weighted by atomic mass is 9.92. The molecule has 1 fully saturated rings. The van der Waals surface area contributed by atoms with Gasteiger partial charge in [0.15, 0.2) is 6.04 Å². The molecule has 3 nitrogen and oxygen atoms in total. The topological polar surface area (TPSA) is 32.3 Å². The lowest BCUT2D eigenvalue weighted by molar-refractivity contribution is -0.203. The summed E-state index contributed by atoms with van der Waals surface area (Å²) in [6, 6.07) is 9.01. The average Bonchev–Trinajstić information content (AvgIpc) is 2.89. The van der Waals surface area contributed by atoms with Gasteiger partial charge in [0.1, 0.15) is 0 Å². The number of nitrogens with zero attached hydrogens (tertiary/aromatic N) is 1. The smallest absolute Gasteiger partial charge is 0.287 e. The molecular weight excluding hydrogens is 377 g/mol. The van der Waals surface area contributed by atoms with Crippen molar-refractivity contribution in [3.63, 3.8) is 0 Å². The number of halogens is 3. The normalized spacial score (nSPS) is 18.2. The van der Waals surface area contributed by atoms with Gasteiger partial charge >= 0.3 is 6.18 Å². The van der Waals surface area contributed by atoms with E-state index in [9.17, 15) is 18.0 Å². The maximum absolute atomic E-state index is 14.2. The van der Waals surface area contributed by atoms with Gasteiger partial charge in [0, 0.05) is 12.0 Å². The van der Waals surface area contributed by atoms with Gasteiger partial charge in [-0.2, -0.15) is 18.2 Å². The molecule has 1 aliphatic rings. The van der Waals surface area contributed by atoms with Crippen molar-refractivity contribution in [3.8, 4) is 0 Å². The molecular formula is C23H29F3N2O. The third-order valence-electron chi connectivity index (χ3n) is 5.64. The van der Waals surface area contributed by atoms with Crippen LogP contribution in [0.5, 0.6) is 0 Å². The highest BCUT2D eigenvalue weighted by atomic mass is 19.4. The number of rotatable bonds is 7. The summed E-state index contributed by atoms with van der Waals surface area (Å²) in [5, 5.41) is 2.88. The van der Waals surface area contributed by atoms with Gasteiger partial charge in [-0.25, -0.2) is 0 Å². The molecule has 1 aliphatic heterocycles. The Balaban J connectivity index is 2.06. The van der Waals surface area contributed by atoms with Gasteiger partial charge in [0.2, 0.25) is 5.91 Å². The molecule has 2 aromatic carbocycles. The Bertz CT molecular complexity index is 876. The summed E-state index contributed by atoms with van der Waals surface area (Å²) in [4.78, 5) is 11.9. The number of fused-ring (bicyclic) bond motifs is 1. The van der Waals surface area contributed by atoms with Crippen molar-refractivity contribution in [1.29, 1.82) is 0 Å². The number of hydrogen-bond acceptors (Lipinski definition) is 2. The molecule has 6 heteroatoms. The van der Waals surface area contributed by atoms with Gasteiger partial charge < -0.3 is 0 Å². The molecule has 3 rings (SSSR count). The molecule has 1 N–H and O–H groups in total. The van der Waals surface area contributed by atoms with Crippen molar-refractivity contribution < 1.29 is 18.0 Å². The van der Waals surface area contributed by atoms with Crippen molar-refractivity contribution in [3.05, 3.63) is 47.5 Å². The maximum Gasteiger partial charge on any atom is 0.409 e. The first-order valence-corrected chi connectivity index (χ1v) is 10.3. The van der Waals surface area contributed by atoms with Gasteiger partial charge in [-0.15, -0.1) is 0 Å². The van der Waals surface area contributed by atoms with E-state index >= 15 is 0 Å². The van der Waals surface area contributed by atoms with Gasteiger partial charge in [0.05, 0.1) is 0 Å². The van der Waals surface area contributed by atoms with Gasteiger partial charge in [0.25, 0.3) is 0 Å². The van der Waals surface area contributed by atoms with Crippen LogP contribution in [-0.2, 0) is 11.2 Å². The molecule has 1 unspecified atom stereocenters. The number of aryl methyl sites for hydroxylation is 1. The second kappa shape index (κ2) is 8.34. The molecule has 1 atom stereocenters. The third-order valence-corrected chi connectivity index (χ3v) is 5.64. The predicted octanol–water partition coefficient (Wildman–Crippen LogP) is 6.08. The minimum Gasteiger partial charge on any atom is -0.287 e. The molecule has 1 amide bonds. The Hall–Kier alpha value is -2.08. The summed E-state index contributed by atoms with van der Waals surface area (Å²) >= 11 is 0. The van der Waals surface area contributed by atoms with Gasteiger partial charge in [-0.1, -0.05) is 56.5 Å². The minimum atomic E-state index is -4.52. The first-order chi connectivity index (χ1) is 13.6. The summed E-state index contributed by atoms with van der Waals surface area (Å²) in [6.45, 7) is 5.46. The number of amides is 1. The summed E-state index contributed by atoms with van der Waals surface area (Å²) in [6.07, 6.45) is 0.511. The Morgan fingerprint density at radius 1 is 1.14 bits per heavy atom. The molecule has 0 spiro atoms. The molecule has 29 heavy (non-hydrogen) atoms. The fraction of sp³-hybridized carbons (Fsp3) is 0.522. The van der Waals surface area contributed by atoms with Crippen LogP contribution in [0.2, 0.25) is 0 Å². The lowest BCUT2D eigenvalue weighted by Crippen LogP contribution is -2.51. The molecule has 0 saturated carbocycles. The van der Waals surface area contributed by atoms with Crippen molar-refractivity contribution in [2.45, 2.75) is 77.1 Å². The van der Waals surface area contributed by atoms with E-state index in [1.807, 2.05) is 24.3 Å². The second-order valence-corrected chi connectivity index (χ2v) is 8.55. The number of carbonyl (C=O) groups excluding carboxylic acids is 1. The fourth-order valence-corrected chi connectivity index (χ4v) is 4.22. The quantitative estimate of drug-likeness (QED) is 0.565. The Labute approximate surface area is 170 Å². The fourth-order valence-electron chi connectivity index (χ4n) is 4.22. The molecule has 158 valence electrons. The van der Waals surface area contributed by atoms with Crippen molar-refractivity contribution >= 4 is 16.7 Å². The van der Waals surface area contributed by atoms with Crippen molar-refractivity contribution in [1.82, 2.24) is 10.4 Å². The average molecular weight is 406 g/mol. The van der Waals surface area contributed by atoms with Crippen LogP contribution in [0, 0.1) is 0 Å². The van der Waals surface area contributed by atoms with Crippen LogP contribution in [0.3, 0.4) is 0 Å². The Kier molecular flexibility index (Phi) is 6.22. The van der Waals surface area contributed by atoms with E-state index in [4.69, 9.17) is 0 Å². The first kappa shape index (κ1) is 21.6. The first-order valence-electron chi connectivity index (χ1n) is 10.3. The Morgan fingerprint density at radius 2 is 1.86 bits per heavy atom. The highest BCUT2D eigenvalue weighted by molar-refractivity contribution is 5.86. The number of hydrogen-bond donors (Lipinski definition) is 1. The predicted molar refractivity (Wildman–Crippen MR) is 109 cm³/mol. The highest BCUT2D eigenvalue weighted by Gasteiger charge is 2.53. The second-order valence-electron chi connectivity index (χ2n) is 8.55. The molecule has 0 aromatic heterocycles. The molecule has 2 aromatic rings. The molecule has 1 saturated heterocycles. The van der Waals surface area contributed by atoms with Crippen molar-refractivity contribution in [2.75, 3.05) is 0 Å². The number of nitrogens with one attached hydrogen (secondary N) is 1. The summed E-state index contributed by atoms with van der Waals surface area (Å²) in [7, 11) is 0. The summed E-state index contributed by atoms with van der Waals surface area (Å²) in [5.74, 6) is -0.384. The monoisotopic (exact) mass is 406 g/mol. The van der Waals surface area contributed by atoms with E-state index in [1.165, 1.54) is 0 Å². The number of carbonyl (C=O) groups is 1. The minimum absolute atomic E-state index is 0.0387. The number of alkyl halides is 3. The molecule has 0 radical (unpaired) electrons. The van der Waals surface area contributed by atoms with Crippen molar-refractivity contribution in [2.24, 2.45) is 0 Å². The van der Waals surface area contributed by atoms with Crippen LogP contribution in [0.15, 0.2) is 36.4 Å². The molecule has 0 bridgehead atoms. The molecule has 1 heterocycles. The highest BCUT2D eigenvalue weighted by Crippen LogP contribution is 2.43. The van der Waals surface area contributed by atoms with Crippen LogP contribution in [-0.4, -0.2) is 22.6 Å². The zero-order valence-corrected chi connectivity index (χ0v) is 17.3. The lowest BCUT2D eigenvalue weighted by Gasteiger charge is -2.38. The van der Waals surface area contributed by atoms with E-state index < -0.39 is 17.8 Å².